The summed E-state index contributed by atoms with van der Waals surface area (Å²) in [5.74, 6) is -1.39. The molecule has 0 spiro atoms. The fourth-order valence-corrected chi connectivity index (χ4v) is 2.17. The Kier molecular flexibility index (Phi) is 3.64. The van der Waals surface area contributed by atoms with Crippen LogP contribution in [-0.2, 0) is 4.79 Å². The minimum atomic E-state index is -1.08. The quantitative estimate of drug-likeness (QED) is 0.677. The molecule has 19 heavy (non-hydrogen) atoms. The number of carboxylic acid groups (broad SMARTS) is 1. The fraction of sp³-hybridized carbons (Fsp3) is 0.0769. The number of rotatable bonds is 2. The van der Waals surface area contributed by atoms with Gasteiger partial charge >= 0.3 is 11.9 Å². The number of aromatic carboxylic acids is 1. The summed E-state index contributed by atoms with van der Waals surface area (Å²) in [6.07, 6.45) is 0. The van der Waals surface area contributed by atoms with E-state index in [1.54, 1.807) is 0 Å². The third kappa shape index (κ3) is 2.80. The summed E-state index contributed by atoms with van der Waals surface area (Å²) < 4.78 is 4.94. The smallest absolute Gasteiger partial charge is 0.335 e. The van der Waals surface area contributed by atoms with Crippen molar-refractivity contribution < 1.29 is 19.4 Å². The lowest BCUT2D eigenvalue weighted by Gasteiger charge is -2.08. The number of hydrogen-bond acceptors (Lipinski definition) is 3. The summed E-state index contributed by atoms with van der Waals surface area (Å²) in [6.45, 7) is 1.26. The average Bonchev–Trinajstić information content (AvgIpc) is 2.30. The standard InChI is InChI=1S/C13H8Cl2O4/c1-6(16)19-12-5-9-7(3-11(12)15)2-8(13(17)18)4-10(9)14/h2-5H,1H3,(H,17,18). The van der Waals surface area contributed by atoms with Crippen LogP contribution in [0, 0.1) is 0 Å². The molecule has 0 aliphatic heterocycles. The zero-order valence-electron chi connectivity index (χ0n) is 9.74. The van der Waals surface area contributed by atoms with Gasteiger partial charge in [-0.15, -0.1) is 0 Å². The summed E-state index contributed by atoms with van der Waals surface area (Å²) in [5.41, 5.74) is 0.0637. The molecular formula is C13H8Cl2O4. The van der Waals surface area contributed by atoms with E-state index in [1.165, 1.54) is 31.2 Å². The zero-order valence-corrected chi connectivity index (χ0v) is 11.2. The van der Waals surface area contributed by atoms with Crippen LogP contribution in [0.2, 0.25) is 10.0 Å². The Morgan fingerprint density at radius 2 is 1.79 bits per heavy atom. The van der Waals surface area contributed by atoms with Crippen LogP contribution in [0.5, 0.6) is 5.75 Å². The molecule has 0 saturated carbocycles. The van der Waals surface area contributed by atoms with Gasteiger partial charge in [0.05, 0.1) is 10.6 Å². The summed E-state index contributed by atoms with van der Waals surface area (Å²) in [5, 5.41) is 10.5. The van der Waals surface area contributed by atoms with Gasteiger partial charge in [0.2, 0.25) is 0 Å². The molecule has 2 rings (SSSR count). The van der Waals surface area contributed by atoms with E-state index in [0.717, 1.165) is 0 Å². The third-order valence-electron chi connectivity index (χ3n) is 2.46. The maximum Gasteiger partial charge on any atom is 0.335 e. The van der Waals surface area contributed by atoms with Crippen molar-refractivity contribution >= 4 is 45.9 Å². The van der Waals surface area contributed by atoms with E-state index in [0.29, 0.717) is 10.8 Å². The van der Waals surface area contributed by atoms with Crippen LogP contribution < -0.4 is 4.74 Å². The summed E-state index contributed by atoms with van der Waals surface area (Å²) in [4.78, 5) is 21.9. The van der Waals surface area contributed by atoms with Gasteiger partial charge in [0.15, 0.2) is 0 Å². The summed E-state index contributed by atoms with van der Waals surface area (Å²) in [6, 6.07) is 5.80. The molecule has 0 fully saturated rings. The molecule has 2 aromatic rings. The van der Waals surface area contributed by atoms with Crippen LogP contribution in [0.1, 0.15) is 17.3 Å². The van der Waals surface area contributed by atoms with Gasteiger partial charge in [-0.05, 0) is 29.7 Å². The van der Waals surface area contributed by atoms with E-state index < -0.39 is 11.9 Å². The number of fused-ring (bicyclic) bond motifs is 1. The van der Waals surface area contributed by atoms with Crippen molar-refractivity contribution in [3.63, 3.8) is 0 Å². The third-order valence-corrected chi connectivity index (χ3v) is 3.06. The van der Waals surface area contributed by atoms with Crippen molar-refractivity contribution in [2.75, 3.05) is 0 Å². The van der Waals surface area contributed by atoms with Gasteiger partial charge in [0.25, 0.3) is 0 Å². The zero-order chi connectivity index (χ0) is 14.2. The van der Waals surface area contributed by atoms with E-state index in [9.17, 15) is 9.59 Å². The summed E-state index contributed by atoms with van der Waals surface area (Å²) >= 11 is 12.0. The first-order valence-corrected chi connectivity index (χ1v) is 5.98. The molecule has 4 nitrogen and oxygen atoms in total. The molecule has 0 amide bonds. The van der Waals surface area contributed by atoms with Crippen molar-refractivity contribution in [3.8, 4) is 5.75 Å². The molecule has 0 bridgehead atoms. The largest absolute Gasteiger partial charge is 0.478 e. The van der Waals surface area contributed by atoms with Crippen LogP contribution in [-0.4, -0.2) is 17.0 Å². The van der Waals surface area contributed by atoms with E-state index in [4.69, 9.17) is 33.0 Å². The fourth-order valence-electron chi connectivity index (χ4n) is 1.68. The van der Waals surface area contributed by atoms with E-state index >= 15 is 0 Å². The van der Waals surface area contributed by atoms with Crippen molar-refractivity contribution in [2.24, 2.45) is 0 Å². The number of halogens is 2. The van der Waals surface area contributed by atoms with Crippen molar-refractivity contribution in [1.82, 2.24) is 0 Å². The molecule has 6 heteroatoms. The van der Waals surface area contributed by atoms with E-state index in [2.05, 4.69) is 0 Å². The maximum absolute atomic E-state index is 10.9. The first-order valence-electron chi connectivity index (χ1n) is 5.23. The number of carbonyl (C=O) groups excluding carboxylic acids is 1. The van der Waals surface area contributed by atoms with Gasteiger partial charge in [-0.25, -0.2) is 4.79 Å². The molecule has 0 radical (unpaired) electrons. The molecule has 0 saturated heterocycles. The lowest BCUT2D eigenvalue weighted by molar-refractivity contribution is -0.131. The second-order valence-corrected chi connectivity index (χ2v) is 4.68. The molecule has 98 valence electrons. The van der Waals surface area contributed by atoms with Gasteiger partial charge in [0, 0.05) is 17.3 Å². The van der Waals surface area contributed by atoms with E-state index in [1.807, 2.05) is 0 Å². The second kappa shape index (κ2) is 5.07. The van der Waals surface area contributed by atoms with Crippen LogP contribution in [0.4, 0.5) is 0 Å². The Morgan fingerprint density at radius 3 is 2.37 bits per heavy atom. The molecule has 1 N–H and O–H groups in total. The van der Waals surface area contributed by atoms with Crippen molar-refractivity contribution in [1.29, 1.82) is 0 Å². The first-order chi connectivity index (χ1) is 8.88. The Bertz CT molecular complexity index is 695. The second-order valence-electron chi connectivity index (χ2n) is 3.86. The van der Waals surface area contributed by atoms with Crippen LogP contribution >= 0.6 is 23.2 Å². The molecule has 0 aliphatic carbocycles. The topological polar surface area (TPSA) is 63.6 Å². The Labute approximate surface area is 118 Å². The number of ether oxygens (including phenoxy) is 1. The van der Waals surface area contributed by atoms with Crippen LogP contribution in [0.15, 0.2) is 24.3 Å². The highest BCUT2D eigenvalue weighted by atomic mass is 35.5. The average molecular weight is 299 g/mol. The predicted molar refractivity (Wildman–Crippen MR) is 72.2 cm³/mol. The minimum Gasteiger partial charge on any atom is -0.478 e. The number of carboxylic acids is 1. The number of hydrogen-bond donors (Lipinski definition) is 1. The van der Waals surface area contributed by atoms with Gasteiger partial charge in [-0.1, -0.05) is 23.2 Å². The van der Waals surface area contributed by atoms with Gasteiger partial charge < -0.3 is 9.84 Å². The molecule has 0 aliphatic rings. The van der Waals surface area contributed by atoms with Crippen molar-refractivity contribution in [3.05, 3.63) is 39.9 Å². The van der Waals surface area contributed by atoms with Crippen molar-refractivity contribution in [2.45, 2.75) is 6.92 Å². The molecular weight excluding hydrogens is 291 g/mol. The SMILES string of the molecule is CC(=O)Oc1cc2c(Cl)cc(C(=O)O)cc2cc1Cl. The summed E-state index contributed by atoms with van der Waals surface area (Å²) in [7, 11) is 0. The Balaban J connectivity index is 2.67. The molecule has 2 aromatic carbocycles. The lowest BCUT2D eigenvalue weighted by atomic mass is 10.1. The maximum atomic E-state index is 10.9. The number of benzene rings is 2. The molecule has 0 unspecified atom stereocenters. The monoisotopic (exact) mass is 298 g/mol. The van der Waals surface area contributed by atoms with E-state index in [-0.39, 0.29) is 21.4 Å². The highest BCUT2D eigenvalue weighted by molar-refractivity contribution is 6.37. The highest BCUT2D eigenvalue weighted by Crippen LogP contribution is 2.34. The Morgan fingerprint density at radius 1 is 1.11 bits per heavy atom. The van der Waals surface area contributed by atoms with Crippen LogP contribution in [0.25, 0.3) is 10.8 Å². The van der Waals surface area contributed by atoms with Gasteiger partial charge in [-0.3, -0.25) is 4.79 Å². The lowest BCUT2D eigenvalue weighted by Crippen LogP contribution is -2.02. The number of esters is 1. The van der Waals surface area contributed by atoms with Crippen LogP contribution in [0.3, 0.4) is 0 Å². The first kappa shape index (κ1) is 13.6. The normalized spacial score (nSPS) is 10.5. The molecule has 0 aromatic heterocycles. The van der Waals surface area contributed by atoms with Gasteiger partial charge in [-0.2, -0.15) is 0 Å². The predicted octanol–water partition coefficient (Wildman–Crippen LogP) is 3.77. The molecule has 0 heterocycles. The minimum absolute atomic E-state index is 0.0637. The number of carbonyl (C=O) groups is 2. The van der Waals surface area contributed by atoms with Gasteiger partial charge in [0.1, 0.15) is 5.75 Å². The molecule has 0 atom stereocenters. The highest BCUT2D eigenvalue weighted by Gasteiger charge is 2.12. The Hall–Kier alpha value is -1.78.